The maximum atomic E-state index is 5.66. The first-order chi connectivity index (χ1) is 13.7. The first-order valence-electron chi connectivity index (χ1n) is 8.70. The minimum Gasteiger partial charge on any atom is -0.493 e. The molecule has 3 rings (SSSR count). The molecule has 0 saturated heterocycles. The van der Waals surface area contributed by atoms with Crippen molar-refractivity contribution in [3.05, 3.63) is 49.1 Å². The summed E-state index contributed by atoms with van der Waals surface area (Å²) in [6.07, 6.45) is 6.39. The van der Waals surface area contributed by atoms with Crippen LogP contribution in [0.2, 0.25) is 0 Å². The fraction of sp³-hybridized carbons (Fsp3) is 0.250. The molecule has 2 aromatic heterocycles. The Morgan fingerprint density at radius 2 is 1.46 bits per heavy atom. The predicted octanol–water partition coefficient (Wildman–Crippen LogP) is 4.46. The van der Waals surface area contributed by atoms with Gasteiger partial charge in [0.15, 0.2) is 17.3 Å². The Hall–Kier alpha value is -3.55. The molecule has 3 aromatic rings. The van der Waals surface area contributed by atoms with E-state index in [0.717, 1.165) is 0 Å². The topological polar surface area (TPSA) is 87.6 Å². The van der Waals surface area contributed by atoms with Crippen LogP contribution in [0.4, 0.5) is 11.5 Å². The average molecular weight is 384 g/mol. The van der Waals surface area contributed by atoms with Gasteiger partial charge in [-0.1, -0.05) is 13.8 Å². The minimum atomic E-state index is 0.355. The van der Waals surface area contributed by atoms with Gasteiger partial charge in [-0.15, -0.1) is 0 Å². The Labute approximate surface area is 164 Å². The van der Waals surface area contributed by atoms with Gasteiger partial charge in [-0.2, -0.15) is 4.98 Å². The zero-order chi connectivity index (χ0) is 20.4. The van der Waals surface area contributed by atoms with Crippen LogP contribution in [0.3, 0.4) is 0 Å². The second kappa shape index (κ2) is 10.6. The van der Waals surface area contributed by atoms with E-state index in [1.54, 1.807) is 64.2 Å². The van der Waals surface area contributed by atoms with Gasteiger partial charge in [-0.25, -0.2) is 0 Å². The number of rotatable bonds is 7. The molecule has 0 aliphatic heterocycles. The number of ether oxygens (including phenoxy) is 4. The van der Waals surface area contributed by atoms with Crippen molar-refractivity contribution < 1.29 is 18.9 Å². The van der Waals surface area contributed by atoms with Gasteiger partial charge in [-0.05, 0) is 12.1 Å². The van der Waals surface area contributed by atoms with Crippen LogP contribution in [-0.4, -0.2) is 36.3 Å². The standard InChI is InChI=1S/C18H18N4O4.C2H6/c1-23-14-8-12(9-15(24-2)18(14)25-3)21-16-10-20-11-17(22-16)26-13-4-6-19-7-5-13;1-2/h4-11H,1-3H3,(H,21,22);1-2H3. The largest absolute Gasteiger partial charge is 0.493 e. The van der Waals surface area contributed by atoms with E-state index in [4.69, 9.17) is 18.9 Å². The van der Waals surface area contributed by atoms with E-state index in [1.165, 1.54) is 6.20 Å². The van der Waals surface area contributed by atoms with Crippen LogP contribution < -0.4 is 24.3 Å². The van der Waals surface area contributed by atoms with Gasteiger partial charge >= 0.3 is 0 Å². The fourth-order valence-corrected chi connectivity index (χ4v) is 2.29. The highest BCUT2D eigenvalue weighted by Gasteiger charge is 2.13. The van der Waals surface area contributed by atoms with Crippen molar-refractivity contribution in [2.24, 2.45) is 0 Å². The van der Waals surface area contributed by atoms with E-state index in [9.17, 15) is 0 Å². The van der Waals surface area contributed by atoms with Gasteiger partial charge in [-0.3, -0.25) is 9.97 Å². The highest BCUT2D eigenvalue weighted by Crippen LogP contribution is 2.40. The summed E-state index contributed by atoms with van der Waals surface area (Å²) in [5, 5.41) is 3.15. The normalized spacial score (nSPS) is 9.61. The third kappa shape index (κ3) is 5.23. The molecule has 1 N–H and O–H groups in total. The van der Waals surface area contributed by atoms with E-state index in [0.29, 0.717) is 40.4 Å². The lowest BCUT2D eigenvalue weighted by atomic mass is 10.2. The maximum Gasteiger partial charge on any atom is 0.239 e. The van der Waals surface area contributed by atoms with Crippen LogP contribution in [0.1, 0.15) is 13.8 Å². The summed E-state index contributed by atoms with van der Waals surface area (Å²) < 4.78 is 21.7. The molecule has 0 unspecified atom stereocenters. The van der Waals surface area contributed by atoms with Crippen LogP contribution in [0.25, 0.3) is 0 Å². The minimum absolute atomic E-state index is 0.355. The lowest BCUT2D eigenvalue weighted by molar-refractivity contribution is 0.324. The monoisotopic (exact) mass is 384 g/mol. The Balaban J connectivity index is 0.00000136. The third-order valence-corrected chi connectivity index (χ3v) is 3.42. The highest BCUT2D eigenvalue weighted by atomic mass is 16.5. The van der Waals surface area contributed by atoms with Gasteiger partial charge in [0, 0.05) is 30.2 Å². The van der Waals surface area contributed by atoms with Crippen LogP contribution in [-0.2, 0) is 0 Å². The molecule has 0 saturated carbocycles. The fourth-order valence-electron chi connectivity index (χ4n) is 2.29. The smallest absolute Gasteiger partial charge is 0.239 e. The number of nitrogens with one attached hydrogen (secondary N) is 1. The van der Waals surface area contributed by atoms with Crippen molar-refractivity contribution >= 4 is 11.5 Å². The van der Waals surface area contributed by atoms with Crippen LogP contribution in [0, 0.1) is 0 Å². The van der Waals surface area contributed by atoms with E-state index in [2.05, 4.69) is 20.3 Å². The predicted molar refractivity (Wildman–Crippen MR) is 107 cm³/mol. The van der Waals surface area contributed by atoms with Crippen molar-refractivity contribution in [3.63, 3.8) is 0 Å². The van der Waals surface area contributed by atoms with Gasteiger partial charge in [0.2, 0.25) is 11.6 Å². The first kappa shape index (κ1) is 20.8. The van der Waals surface area contributed by atoms with Crippen molar-refractivity contribution in [2.75, 3.05) is 26.6 Å². The summed E-state index contributed by atoms with van der Waals surface area (Å²) in [7, 11) is 4.67. The van der Waals surface area contributed by atoms with Crippen molar-refractivity contribution in [1.82, 2.24) is 15.0 Å². The lowest BCUT2D eigenvalue weighted by Crippen LogP contribution is -2.00. The number of benzene rings is 1. The summed E-state index contributed by atoms with van der Waals surface area (Å²) in [5.41, 5.74) is 0.704. The molecule has 0 radical (unpaired) electrons. The van der Waals surface area contributed by atoms with Crippen LogP contribution in [0.5, 0.6) is 28.9 Å². The Bertz CT molecular complexity index is 850. The summed E-state index contributed by atoms with van der Waals surface area (Å²) in [6.45, 7) is 4.00. The van der Waals surface area contributed by atoms with E-state index >= 15 is 0 Å². The molecular weight excluding hydrogens is 360 g/mol. The molecule has 0 aliphatic carbocycles. The number of anilines is 2. The maximum absolute atomic E-state index is 5.66. The van der Waals surface area contributed by atoms with E-state index in [1.807, 2.05) is 13.8 Å². The Morgan fingerprint density at radius 1 is 0.821 bits per heavy atom. The molecule has 0 bridgehead atoms. The van der Waals surface area contributed by atoms with Gasteiger partial charge in [0.05, 0.1) is 33.7 Å². The number of nitrogens with zero attached hydrogens (tertiary/aromatic N) is 3. The Kier molecular flexibility index (Phi) is 7.83. The summed E-state index contributed by atoms with van der Waals surface area (Å²) in [4.78, 5) is 12.5. The second-order valence-electron chi connectivity index (χ2n) is 5.07. The zero-order valence-corrected chi connectivity index (χ0v) is 16.6. The van der Waals surface area contributed by atoms with Crippen molar-refractivity contribution in [2.45, 2.75) is 13.8 Å². The molecule has 1 aromatic carbocycles. The van der Waals surface area contributed by atoms with Gasteiger partial charge in [0.25, 0.3) is 0 Å². The molecule has 0 fully saturated rings. The molecule has 0 spiro atoms. The van der Waals surface area contributed by atoms with Crippen LogP contribution in [0.15, 0.2) is 49.1 Å². The molecule has 0 aliphatic rings. The zero-order valence-electron chi connectivity index (χ0n) is 16.6. The summed E-state index contributed by atoms with van der Waals surface area (Å²) in [6, 6.07) is 7.03. The van der Waals surface area contributed by atoms with Crippen LogP contribution >= 0.6 is 0 Å². The number of pyridine rings is 1. The van der Waals surface area contributed by atoms with Gasteiger partial charge in [0.1, 0.15) is 5.75 Å². The number of hydrogen-bond donors (Lipinski definition) is 1. The second-order valence-corrected chi connectivity index (χ2v) is 5.07. The molecule has 28 heavy (non-hydrogen) atoms. The molecule has 148 valence electrons. The lowest BCUT2D eigenvalue weighted by Gasteiger charge is -2.15. The SMILES string of the molecule is CC.COc1cc(Nc2cncc(Oc3ccncc3)n2)cc(OC)c1OC. The number of methoxy groups -OCH3 is 3. The first-order valence-corrected chi connectivity index (χ1v) is 8.70. The summed E-state index contributed by atoms with van der Waals surface area (Å²) in [5.74, 6) is 3.07. The van der Waals surface area contributed by atoms with E-state index < -0.39 is 0 Å². The summed E-state index contributed by atoms with van der Waals surface area (Å²) >= 11 is 0. The third-order valence-electron chi connectivity index (χ3n) is 3.42. The molecule has 8 nitrogen and oxygen atoms in total. The van der Waals surface area contributed by atoms with Gasteiger partial charge < -0.3 is 24.3 Å². The van der Waals surface area contributed by atoms with E-state index in [-0.39, 0.29) is 0 Å². The molecule has 0 amide bonds. The van der Waals surface area contributed by atoms with Crippen molar-refractivity contribution in [3.8, 4) is 28.9 Å². The average Bonchev–Trinajstić information content (AvgIpc) is 2.75. The molecule has 0 atom stereocenters. The molecule has 2 heterocycles. The molecular formula is C20H24N4O4. The highest BCUT2D eigenvalue weighted by molar-refractivity contribution is 5.66. The molecule has 8 heteroatoms. The van der Waals surface area contributed by atoms with Crippen molar-refractivity contribution in [1.29, 1.82) is 0 Å². The Morgan fingerprint density at radius 3 is 2.04 bits per heavy atom. The number of aromatic nitrogens is 3. The number of hydrogen-bond acceptors (Lipinski definition) is 8. The quantitative estimate of drug-likeness (QED) is 0.639.